The van der Waals surface area contributed by atoms with E-state index in [4.69, 9.17) is 5.11 Å². The summed E-state index contributed by atoms with van der Waals surface area (Å²) in [6.07, 6.45) is 1.38. The number of amides is 3. The lowest BCUT2D eigenvalue weighted by molar-refractivity contribution is -0.141. The lowest BCUT2D eigenvalue weighted by atomic mass is 10.1. The zero-order chi connectivity index (χ0) is 19.3. The Labute approximate surface area is 150 Å². The quantitative estimate of drug-likeness (QED) is 0.666. The van der Waals surface area contributed by atoms with Crippen molar-refractivity contribution in [2.45, 2.75) is 26.3 Å². The third-order valence-electron chi connectivity index (χ3n) is 4.02. The van der Waals surface area contributed by atoms with Gasteiger partial charge in [0.25, 0.3) is 0 Å². The van der Waals surface area contributed by atoms with E-state index in [0.717, 1.165) is 17.2 Å². The van der Waals surface area contributed by atoms with Gasteiger partial charge >= 0.3 is 5.97 Å². The van der Waals surface area contributed by atoms with Crippen LogP contribution in [0.1, 0.15) is 17.5 Å². The van der Waals surface area contributed by atoms with Gasteiger partial charge < -0.3 is 20.6 Å². The van der Waals surface area contributed by atoms with Crippen LogP contribution in [0, 0.1) is 13.8 Å². The Morgan fingerprint density at radius 1 is 1.31 bits per heavy atom. The molecular formula is C18H21N3O5. The van der Waals surface area contributed by atoms with Crippen molar-refractivity contribution in [2.24, 2.45) is 0 Å². The molecule has 8 heteroatoms. The number of carbonyl (C=O) groups excluding carboxylic acids is 3. The molecule has 0 saturated carbocycles. The first-order chi connectivity index (χ1) is 12.3. The second-order valence-electron chi connectivity index (χ2n) is 6.08. The van der Waals surface area contributed by atoms with E-state index in [1.54, 1.807) is 6.07 Å². The Morgan fingerprint density at radius 3 is 2.69 bits per heavy atom. The molecule has 0 spiro atoms. The Balaban J connectivity index is 2.09. The predicted octanol–water partition coefficient (Wildman–Crippen LogP) is 0.600. The zero-order valence-corrected chi connectivity index (χ0v) is 14.6. The monoisotopic (exact) mass is 359 g/mol. The number of benzene rings is 1. The number of aliphatic carboxylic acids is 1. The molecule has 26 heavy (non-hydrogen) atoms. The second-order valence-corrected chi connectivity index (χ2v) is 6.08. The minimum Gasteiger partial charge on any atom is -0.478 e. The molecule has 0 aromatic heterocycles. The van der Waals surface area contributed by atoms with Crippen LogP contribution >= 0.6 is 0 Å². The molecule has 2 rings (SSSR count). The van der Waals surface area contributed by atoms with Gasteiger partial charge in [-0.3, -0.25) is 14.4 Å². The fraction of sp³-hybridized carbons (Fsp3) is 0.333. The second kappa shape index (κ2) is 8.28. The van der Waals surface area contributed by atoms with Gasteiger partial charge in [0.2, 0.25) is 17.7 Å². The highest BCUT2D eigenvalue weighted by atomic mass is 16.4. The van der Waals surface area contributed by atoms with Crippen molar-refractivity contribution in [1.82, 2.24) is 10.2 Å². The molecule has 3 N–H and O–H groups in total. The lowest BCUT2D eigenvalue weighted by Crippen LogP contribution is -2.57. The Bertz CT molecular complexity index is 772. The molecular weight excluding hydrogens is 338 g/mol. The largest absolute Gasteiger partial charge is 0.478 e. The van der Waals surface area contributed by atoms with E-state index in [0.29, 0.717) is 11.8 Å². The lowest BCUT2D eigenvalue weighted by Gasteiger charge is -2.34. The number of nitrogens with one attached hydrogen (secondary N) is 2. The van der Waals surface area contributed by atoms with Crippen molar-refractivity contribution in [3.8, 4) is 0 Å². The van der Waals surface area contributed by atoms with Crippen LogP contribution in [0.25, 0.3) is 0 Å². The molecule has 8 nitrogen and oxygen atoms in total. The molecule has 1 aliphatic rings. The van der Waals surface area contributed by atoms with Crippen LogP contribution in [0.5, 0.6) is 0 Å². The molecule has 1 aliphatic heterocycles. The molecule has 0 aliphatic carbocycles. The van der Waals surface area contributed by atoms with E-state index in [1.165, 1.54) is 4.90 Å². The molecule has 0 radical (unpaired) electrons. The summed E-state index contributed by atoms with van der Waals surface area (Å²) in [5.74, 6) is -2.72. The normalized spacial score (nSPS) is 17.1. The molecule has 1 aromatic carbocycles. The first-order valence-electron chi connectivity index (χ1n) is 8.14. The zero-order valence-electron chi connectivity index (χ0n) is 14.6. The van der Waals surface area contributed by atoms with Crippen molar-refractivity contribution in [2.75, 3.05) is 18.4 Å². The molecule has 1 atom stereocenters. The topological polar surface area (TPSA) is 116 Å². The van der Waals surface area contributed by atoms with Crippen LogP contribution in [-0.2, 0) is 19.2 Å². The number of rotatable bonds is 5. The molecule has 1 saturated heterocycles. The number of carbonyl (C=O) groups is 4. The minimum absolute atomic E-state index is 0.204. The fourth-order valence-corrected chi connectivity index (χ4v) is 2.75. The van der Waals surface area contributed by atoms with Crippen LogP contribution in [0.3, 0.4) is 0 Å². The van der Waals surface area contributed by atoms with Crippen molar-refractivity contribution < 1.29 is 24.3 Å². The maximum Gasteiger partial charge on any atom is 0.328 e. The molecule has 138 valence electrons. The van der Waals surface area contributed by atoms with E-state index >= 15 is 0 Å². The summed E-state index contributed by atoms with van der Waals surface area (Å²) < 4.78 is 0. The molecule has 0 bridgehead atoms. The summed E-state index contributed by atoms with van der Waals surface area (Å²) in [6.45, 7) is 4.26. The van der Waals surface area contributed by atoms with E-state index in [9.17, 15) is 19.2 Å². The van der Waals surface area contributed by atoms with Gasteiger partial charge in [0.1, 0.15) is 6.04 Å². The number of hydrogen-bond acceptors (Lipinski definition) is 4. The van der Waals surface area contributed by atoms with E-state index in [-0.39, 0.29) is 19.5 Å². The SMILES string of the molecule is Cc1ccc(NC(=O)CC2C(=O)NCCN2C(=O)/C=C\C(=O)O)c(C)c1. The Hall–Kier alpha value is -3.16. The molecule has 1 unspecified atom stereocenters. The standard InChI is InChI=1S/C18H21N3O5/c1-11-3-4-13(12(2)9-11)20-15(22)10-14-18(26)19-7-8-21(14)16(23)5-6-17(24)25/h3-6,9,14H,7-8,10H2,1-2H3,(H,19,26)(H,20,22)(H,24,25)/b6-5-. The number of carboxylic acids is 1. The third kappa shape index (κ3) is 4.92. The van der Waals surface area contributed by atoms with Crippen molar-refractivity contribution >= 4 is 29.4 Å². The Morgan fingerprint density at radius 2 is 2.04 bits per heavy atom. The number of anilines is 1. The van der Waals surface area contributed by atoms with Crippen molar-refractivity contribution in [1.29, 1.82) is 0 Å². The highest BCUT2D eigenvalue weighted by Crippen LogP contribution is 2.17. The van der Waals surface area contributed by atoms with Crippen LogP contribution in [0.15, 0.2) is 30.4 Å². The van der Waals surface area contributed by atoms with Gasteiger partial charge in [-0.05, 0) is 25.5 Å². The number of aryl methyl sites for hydroxylation is 2. The van der Waals surface area contributed by atoms with Gasteiger partial charge in [0.15, 0.2) is 0 Å². The smallest absolute Gasteiger partial charge is 0.328 e. The minimum atomic E-state index is -1.26. The first-order valence-corrected chi connectivity index (χ1v) is 8.14. The molecule has 3 amide bonds. The summed E-state index contributed by atoms with van der Waals surface area (Å²) in [5.41, 5.74) is 2.60. The van der Waals surface area contributed by atoms with Crippen molar-refractivity contribution in [3.05, 3.63) is 41.5 Å². The number of piperazine rings is 1. The van der Waals surface area contributed by atoms with Crippen LogP contribution in [-0.4, -0.2) is 52.8 Å². The Kier molecular flexibility index (Phi) is 6.11. The average molecular weight is 359 g/mol. The summed E-state index contributed by atoms with van der Waals surface area (Å²) in [4.78, 5) is 48.4. The van der Waals surface area contributed by atoms with Gasteiger partial charge in [-0.2, -0.15) is 0 Å². The van der Waals surface area contributed by atoms with Gasteiger partial charge in [0.05, 0.1) is 6.42 Å². The number of nitrogens with zero attached hydrogens (tertiary/aromatic N) is 1. The third-order valence-corrected chi connectivity index (χ3v) is 4.02. The summed E-state index contributed by atoms with van der Waals surface area (Å²) in [5, 5.41) is 14.0. The highest BCUT2D eigenvalue weighted by molar-refractivity contribution is 6.00. The van der Waals surface area contributed by atoms with Crippen LogP contribution in [0.4, 0.5) is 5.69 Å². The first kappa shape index (κ1) is 19.2. The van der Waals surface area contributed by atoms with Crippen LogP contribution < -0.4 is 10.6 Å². The van der Waals surface area contributed by atoms with E-state index in [1.807, 2.05) is 26.0 Å². The number of carboxylic acid groups (broad SMARTS) is 1. The average Bonchev–Trinajstić information content (AvgIpc) is 2.57. The number of hydrogen-bond donors (Lipinski definition) is 3. The maximum atomic E-state index is 12.4. The van der Waals surface area contributed by atoms with Gasteiger partial charge in [0, 0.05) is 30.9 Å². The highest BCUT2D eigenvalue weighted by Gasteiger charge is 2.33. The molecule has 1 heterocycles. The predicted molar refractivity (Wildman–Crippen MR) is 94.4 cm³/mol. The van der Waals surface area contributed by atoms with Crippen LogP contribution in [0.2, 0.25) is 0 Å². The summed E-state index contributed by atoms with van der Waals surface area (Å²) in [7, 11) is 0. The molecule has 1 aromatic rings. The molecule has 1 fully saturated rings. The van der Waals surface area contributed by atoms with Crippen molar-refractivity contribution in [3.63, 3.8) is 0 Å². The fourth-order valence-electron chi connectivity index (χ4n) is 2.75. The summed E-state index contributed by atoms with van der Waals surface area (Å²) in [6, 6.07) is 4.58. The van der Waals surface area contributed by atoms with E-state index < -0.39 is 29.7 Å². The maximum absolute atomic E-state index is 12.4. The van der Waals surface area contributed by atoms with Gasteiger partial charge in [-0.15, -0.1) is 0 Å². The van der Waals surface area contributed by atoms with E-state index in [2.05, 4.69) is 10.6 Å². The van der Waals surface area contributed by atoms with Gasteiger partial charge in [-0.25, -0.2) is 4.79 Å². The summed E-state index contributed by atoms with van der Waals surface area (Å²) >= 11 is 0. The van der Waals surface area contributed by atoms with Gasteiger partial charge in [-0.1, -0.05) is 17.7 Å².